The lowest BCUT2D eigenvalue weighted by Crippen LogP contribution is -2.03. The van der Waals surface area contributed by atoms with E-state index in [1.807, 2.05) is 36.4 Å². The Bertz CT molecular complexity index is 1230. The molecule has 5 nitrogen and oxygen atoms in total. The third-order valence-electron chi connectivity index (χ3n) is 6.71. The van der Waals surface area contributed by atoms with E-state index in [0.29, 0.717) is 56.9 Å². The standard InChI is InChI=1S/C16H14Cl4.C16H18O4.CH2Cl2.Cl2OS/c2*17-7-11-3-1-4-12(8-18)15(11)16-13(9-19)5-2-6-14(16)10-20;2-1-3;1-4(2)3/h1-6H,7-10H2;1-6,17-20H,7-10H2;1H2;. The summed E-state index contributed by atoms with van der Waals surface area (Å²) in [7, 11) is 7.36. The smallest absolute Gasteiger partial charge is 0.211 e. The van der Waals surface area contributed by atoms with Crippen LogP contribution in [0.5, 0.6) is 0 Å². The van der Waals surface area contributed by atoms with Gasteiger partial charge in [-0.05, 0) is 66.8 Å². The van der Waals surface area contributed by atoms with E-state index in [-0.39, 0.29) is 31.8 Å². The molecule has 0 fully saturated rings. The largest absolute Gasteiger partial charge is 0.392 e. The van der Waals surface area contributed by atoms with Crippen LogP contribution in [0.15, 0.2) is 72.8 Å². The predicted molar refractivity (Wildman–Crippen MR) is 202 cm³/mol. The Balaban J connectivity index is 0.000000393. The van der Waals surface area contributed by atoms with Gasteiger partial charge in [0.15, 0.2) is 0 Å². The molecule has 0 saturated carbocycles. The highest BCUT2D eigenvalue weighted by atomic mass is 36.0. The number of aliphatic hydroxyl groups is 4. The van der Waals surface area contributed by atoms with Gasteiger partial charge in [0, 0.05) is 44.9 Å². The van der Waals surface area contributed by atoms with E-state index in [0.717, 1.165) is 33.4 Å². The normalized spacial score (nSPS) is 10.3. The fraction of sp³-hybridized carbons (Fsp3) is 0.273. The van der Waals surface area contributed by atoms with Gasteiger partial charge in [-0.2, -0.15) is 0 Å². The van der Waals surface area contributed by atoms with Crippen molar-refractivity contribution in [2.75, 3.05) is 5.34 Å². The van der Waals surface area contributed by atoms with E-state index in [1.54, 1.807) is 36.4 Å². The Labute approximate surface area is 317 Å². The van der Waals surface area contributed by atoms with Gasteiger partial charge in [0.05, 0.1) is 31.8 Å². The number of hydrogen-bond acceptors (Lipinski definition) is 5. The molecule has 0 aromatic heterocycles. The second kappa shape index (κ2) is 25.2. The van der Waals surface area contributed by atoms with Crippen LogP contribution in [0.3, 0.4) is 0 Å². The molecule has 0 aliphatic heterocycles. The van der Waals surface area contributed by atoms with Gasteiger partial charge in [-0.25, -0.2) is 4.21 Å². The lowest BCUT2D eigenvalue weighted by Gasteiger charge is -2.18. The molecular weight excluding hydrogens is 792 g/mol. The van der Waals surface area contributed by atoms with E-state index in [2.05, 4.69) is 21.4 Å². The highest BCUT2D eigenvalue weighted by Crippen LogP contribution is 2.37. The van der Waals surface area contributed by atoms with Gasteiger partial charge in [0.2, 0.25) is 9.23 Å². The maximum atomic E-state index is 9.52. The summed E-state index contributed by atoms with van der Waals surface area (Å²) in [4.78, 5) is 0. The van der Waals surface area contributed by atoms with Gasteiger partial charge in [-0.3, -0.25) is 0 Å². The summed E-state index contributed by atoms with van der Waals surface area (Å²) in [5.41, 5.74) is 10.4. The predicted octanol–water partition coefficient (Wildman–Crippen LogP) is 10.1. The fourth-order valence-electron chi connectivity index (χ4n) is 4.87. The molecule has 4 rings (SSSR count). The number of aliphatic hydroxyl groups excluding tert-OH is 4. The molecule has 0 amide bonds. The molecule has 0 unspecified atom stereocenters. The first kappa shape index (κ1) is 44.2. The molecule has 0 aliphatic carbocycles. The zero-order chi connectivity index (χ0) is 35.4. The number of benzene rings is 4. The Morgan fingerprint density at radius 3 is 0.702 bits per heavy atom. The third kappa shape index (κ3) is 13.4. The first-order valence-electron chi connectivity index (χ1n) is 13.6. The van der Waals surface area contributed by atoms with Crippen LogP contribution in [-0.4, -0.2) is 30.0 Å². The van der Waals surface area contributed by atoms with Crippen LogP contribution >= 0.6 is 91.0 Å². The van der Waals surface area contributed by atoms with Gasteiger partial charge in [0.25, 0.3) is 0 Å². The summed E-state index contributed by atoms with van der Waals surface area (Å²) in [6.45, 7) is -0.691. The van der Waals surface area contributed by atoms with E-state index >= 15 is 0 Å². The molecule has 0 heterocycles. The first-order valence-corrected chi connectivity index (χ1v) is 19.7. The second-order valence-electron chi connectivity index (χ2n) is 9.26. The van der Waals surface area contributed by atoms with E-state index < -0.39 is 9.23 Å². The highest BCUT2D eigenvalue weighted by Gasteiger charge is 2.18. The maximum absolute atomic E-state index is 9.52. The lowest BCUT2D eigenvalue weighted by atomic mass is 9.88. The minimum absolute atomic E-state index is 0.173. The second-order valence-corrected chi connectivity index (χ2v) is 13.7. The van der Waals surface area contributed by atoms with Crippen molar-refractivity contribution >= 4 is 100 Å². The molecule has 0 saturated heterocycles. The summed E-state index contributed by atoms with van der Waals surface area (Å²) in [5, 5.41) is 38.3. The molecule has 47 heavy (non-hydrogen) atoms. The van der Waals surface area contributed by atoms with Gasteiger partial charge >= 0.3 is 0 Å². The monoisotopic (exact) mass is 822 g/mol. The SMILES string of the molecule is ClCCl.ClCc1cccc(CCl)c1-c1c(CCl)cccc1CCl.O=S(Cl)Cl.OCc1cccc(CO)c1-c1c(CO)cccc1CO. The molecular formula is C33H34Cl8O5S. The minimum atomic E-state index is -1.67. The molecule has 0 bridgehead atoms. The van der Waals surface area contributed by atoms with Crippen molar-refractivity contribution in [3.63, 3.8) is 0 Å². The van der Waals surface area contributed by atoms with Crippen LogP contribution in [0, 0.1) is 0 Å². The molecule has 0 aliphatic rings. The lowest BCUT2D eigenvalue weighted by molar-refractivity contribution is 0.272. The van der Waals surface area contributed by atoms with Gasteiger partial charge in [-0.1, -0.05) is 72.8 Å². The third-order valence-corrected chi connectivity index (χ3v) is 7.86. The molecule has 258 valence electrons. The van der Waals surface area contributed by atoms with E-state index in [9.17, 15) is 20.4 Å². The van der Waals surface area contributed by atoms with Crippen LogP contribution in [0.25, 0.3) is 22.3 Å². The van der Waals surface area contributed by atoms with E-state index in [1.165, 1.54) is 0 Å². The molecule has 4 aromatic rings. The Morgan fingerprint density at radius 1 is 0.404 bits per heavy atom. The van der Waals surface area contributed by atoms with E-state index in [4.69, 9.17) is 73.8 Å². The van der Waals surface area contributed by atoms with Crippen molar-refractivity contribution < 1.29 is 24.6 Å². The van der Waals surface area contributed by atoms with Crippen molar-refractivity contribution in [3.05, 3.63) is 117 Å². The van der Waals surface area contributed by atoms with Crippen molar-refractivity contribution in [1.29, 1.82) is 0 Å². The average Bonchev–Trinajstić information content (AvgIpc) is 3.10. The van der Waals surface area contributed by atoms with Crippen LogP contribution < -0.4 is 0 Å². The van der Waals surface area contributed by atoms with Crippen molar-refractivity contribution in [2.45, 2.75) is 49.9 Å². The minimum Gasteiger partial charge on any atom is -0.392 e. The number of halogens is 8. The van der Waals surface area contributed by atoms with Crippen LogP contribution in [-0.2, 0) is 59.2 Å². The first-order chi connectivity index (χ1) is 22.7. The zero-order valence-electron chi connectivity index (χ0n) is 24.9. The molecule has 4 N–H and O–H groups in total. The van der Waals surface area contributed by atoms with Crippen molar-refractivity contribution in [2.24, 2.45) is 0 Å². The molecule has 0 atom stereocenters. The Morgan fingerprint density at radius 2 is 0.553 bits per heavy atom. The Kier molecular flexibility index (Phi) is 23.7. The summed E-state index contributed by atoms with van der Waals surface area (Å²) < 4.78 is 9.09. The van der Waals surface area contributed by atoms with Crippen LogP contribution in [0.1, 0.15) is 44.5 Å². The number of alkyl halides is 6. The quantitative estimate of drug-likeness (QED) is 0.0943. The molecule has 0 spiro atoms. The number of rotatable bonds is 10. The van der Waals surface area contributed by atoms with Gasteiger partial charge < -0.3 is 20.4 Å². The topological polar surface area (TPSA) is 98.0 Å². The molecule has 14 heteroatoms. The highest BCUT2D eigenvalue weighted by molar-refractivity contribution is 8.26. The van der Waals surface area contributed by atoms with Crippen LogP contribution in [0.2, 0.25) is 0 Å². The maximum Gasteiger partial charge on any atom is 0.211 e. The summed E-state index contributed by atoms with van der Waals surface area (Å²) in [5.74, 6) is 1.72. The summed E-state index contributed by atoms with van der Waals surface area (Å²) in [6, 6.07) is 22.6. The summed E-state index contributed by atoms with van der Waals surface area (Å²) in [6.07, 6.45) is 0. The fourth-order valence-corrected chi connectivity index (χ4v) is 5.76. The van der Waals surface area contributed by atoms with Crippen molar-refractivity contribution in [3.8, 4) is 22.3 Å². The zero-order valence-corrected chi connectivity index (χ0v) is 31.8. The summed E-state index contributed by atoms with van der Waals surface area (Å²) >= 11 is 33.9. The van der Waals surface area contributed by atoms with Crippen molar-refractivity contribution in [1.82, 2.24) is 0 Å². The number of hydrogen-bond donors (Lipinski definition) is 4. The molecule has 4 aromatic carbocycles. The molecule has 0 radical (unpaired) electrons. The van der Waals surface area contributed by atoms with Gasteiger partial charge in [-0.15, -0.1) is 69.6 Å². The average molecular weight is 826 g/mol. The van der Waals surface area contributed by atoms with Crippen LogP contribution in [0.4, 0.5) is 0 Å². The Hall–Kier alpha value is -0.810. The van der Waals surface area contributed by atoms with Gasteiger partial charge in [0.1, 0.15) is 0 Å².